The molecule has 1 unspecified atom stereocenters. The Kier molecular flexibility index (Phi) is 5.62. The number of aliphatic hydroxyl groups excluding tert-OH is 1. The molecule has 0 aliphatic rings. The molecule has 0 saturated carbocycles. The topological polar surface area (TPSA) is 70.6 Å². The summed E-state index contributed by atoms with van der Waals surface area (Å²) in [5.41, 5.74) is 0.107. The van der Waals surface area contributed by atoms with Crippen LogP contribution in [0.25, 0.3) is 0 Å². The summed E-state index contributed by atoms with van der Waals surface area (Å²) in [6.07, 6.45) is -1.14. The maximum Gasteiger partial charge on any atom is 0.253 e. The number of hydrogen-bond donors (Lipinski definition) is 3. The van der Waals surface area contributed by atoms with Crippen molar-refractivity contribution in [2.24, 2.45) is 0 Å². The van der Waals surface area contributed by atoms with Gasteiger partial charge in [0.15, 0.2) is 0 Å². The number of hydrogen-bond acceptors (Lipinski definition) is 4. The maximum atomic E-state index is 13.7. The van der Waals surface area contributed by atoms with Crippen molar-refractivity contribution in [1.29, 1.82) is 0 Å². The van der Waals surface area contributed by atoms with Crippen molar-refractivity contribution >= 4 is 5.91 Å². The molecule has 3 N–H and O–H groups in total. The van der Waals surface area contributed by atoms with Crippen LogP contribution in [0.3, 0.4) is 0 Å². The van der Waals surface area contributed by atoms with E-state index in [1.54, 1.807) is 6.07 Å². The van der Waals surface area contributed by atoms with Gasteiger partial charge in [-0.3, -0.25) is 10.1 Å². The van der Waals surface area contributed by atoms with Crippen LogP contribution in [0.5, 0.6) is 0 Å². The predicted octanol–water partition coefficient (Wildman–Crippen LogP) is 1.37. The van der Waals surface area contributed by atoms with Crippen molar-refractivity contribution in [3.05, 3.63) is 35.1 Å². The van der Waals surface area contributed by atoms with E-state index in [1.165, 1.54) is 19.2 Å². The number of aliphatic hydroxyl groups is 1. The van der Waals surface area contributed by atoms with Crippen molar-refractivity contribution in [2.75, 3.05) is 7.05 Å². The van der Waals surface area contributed by atoms with Gasteiger partial charge in [-0.2, -0.15) is 0 Å². The first-order valence-electron chi connectivity index (χ1n) is 6.32. The highest BCUT2D eigenvalue weighted by molar-refractivity contribution is 5.94. The molecule has 5 nitrogen and oxygen atoms in total. The van der Waals surface area contributed by atoms with Crippen LogP contribution < -0.4 is 10.6 Å². The Balaban J connectivity index is 2.62. The van der Waals surface area contributed by atoms with E-state index < -0.39 is 23.7 Å². The molecule has 0 fully saturated rings. The number of carbonyl (C=O) groups is 1. The van der Waals surface area contributed by atoms with E-state index in [1.807, 2.05) is 20.8 Å². The fourth-order valence-electron chi connectivity index (χ4n) is 1.57. The van der Waals surface area contributed by atoms with E-state index in [9.17, 15) is 14.3 Å². The van der Waals surface area contributed by atoms with Crippen LogP contribution in [-0.2, 0) is 11.3 Å². The van der Waals surface area contributed by atoms with Crippen LogP contribution in [0.15, 0.2) is 18.2 Å². The molecule has 20 heavy (non-hydrogen) atoms. The first kappa shape index (κ1) is 16.6. The smallest absolute Gasteiger partial charge is 0.253 e. The third-order valence-corrected chi connectivity index (χ3v) is 2.45. The summed E-state index contributed by atoms with van der Waals surface area (Å²) in [7, 11) is 1.44. The highest BCUT2D eigenvalue weighted by Crippen LogP contribution is 2.12. The number of amides is 1. The van der Waals surface area contributed by atoms with Gasteiger partial charge >= 0.3 is 0 Å². The second kappa shape index (κ2) is 6.78. The summed E-state index contributed by atoms with van der Waals surface area (Å²) in [5.74, 6) is -1.08. The van der Waals surface area contributed by atoms with Gasteiger partial charge in [0.25, 0.3) is 5.91 Å². The first-order chi connectivity index (χ1) is 9.23. The van der Waals surface area contributed by atoms with E-state index in [-0.39, 0.29) is 12.1 Å². The molecule has 1 aromatic rings. The second-order valence-corrected chi connectivity index (χ2v) is 5.36. The van der Waals surface area contributed by atoms with Gasteiger partial charge in [0.2, 0.25) is 6.41 Å². The Morgan fingerprint density at radius 1 is 1.45 bits per heavy atom. The minimum Gasteiger partial charge on any atom is -0.356 e. The molecule has 0 saturated heterocycles. The summed E-state index contributed by atoms with van der Waals surface area (Å²) >= 11 is 0. The molecule has 1 atom stereocenters. The van der Waals surface area contributed by atoms with Crippen molar-refractivity contribution in [1.82, 2.24) is 10.6 Å². The van der Waals surface area contributed by atoms with Gasteiger partial charge in [-0.25, -0.2) is 4.39 Å². The summed E-state index contributed by atoms with van der Waals surface area (Å²) in [6.45, 7) is 5.67. The number of ether oxygens (including phenoxy) is 1. The zero-order valence-corrected chi connectivity index (χ0v) is 12.2. The van der Waals surface area contributed by atoms with Gasteiger partial charge in [-0.05, 0) is 38.5 Å². The predicted molar refractivity (Wildman–Crippen MR) is 73.5 cm³/mol. The summed E-state index contributed by atoms with van der Waals surface area (Å²) in [5, 5.41) is 14.7. The van der Waals surface area contributed by atoms with Gasteiger partial charge in [0, 0.05) is 13.6 Å². The van der Waals surface area contributed by atoms with E-state index >= 15 is 0 Å². The van der Waals surface area contributed by atoms with Gasteiger partial charge in [0.05, 0.1) is 11.2 Å². The lowest BCUT2D eigenvalue weighted by molar-refractivity contribution is -0.182. The van der Waals surface area contributed by atoms with Crippen molar-refractivity contribution in [3.8, 4) is 0 Å². The normalized spacial score (nSPS) is 13.1. The lowest BCUT2D eigenvalue weighted by Gasteiger charge is -2.24. The SMILES string of the molecule is CNC(=O)c1ccc(CNC(O)OC(C)(C)C)cc1F. The lowest BCUT2D eigenvalue weighted by atomic mass is 10.1. The zero-order chi connectivity index (χ0) is 15.3. The fourth-order valence-corrected chi connectivity index (χ4v) is 1.57. The monoisotopic (exact) mass is 284 g/mol. The largest absolute Gasteiger partial charge is 0.356 e. The van der Waals surface area contributed by atoms with E-state index in [0.717, 1.165) is 0 Å². The number of benzene rings is 1. The minimum absolute atomic E-state index is 0.0114. The van der Waals surface area contributed by atoms with Crippen LogP contribution in [0.4, 0.5) is 4.39 Å². The van der Waals surface area contributed by atoms with Crippen molar-refractivity contribution < 1.29 is 19.0 Å². The van der Waals surface area contributed by atoms with Crippen LogP contribution in [0.2, 0.25) is 0 Å². The average Bonchev–Trinajstić information content (AvgIpc) is 2.33. The van der Waals surface area contributed by atoms with Crippen molar-refractivity contribution in [2.45, 2.75) is 39.3 Å². The molecule has 1 rings (SSSR count). The molecule has 0 bridgehead atoms. The Bertz CT molecular complexity index is 472. The second-order valence-electron chi connectivity index (χ2n) is 5.36. The Morgan fingerprint density at radius 3 is 2.60 bits per heavy atom. The maximum absolute atomic E-state index is 13.7. The fraction of sp³-hybridized carbons (Fsp3) is 0.500. The zero-order valence-electron chi connectivity index (χ0n) is 12.2. The van der Waals surface area contributed by atoms with Gasteiger partial charge in [0.1, 0.15) is 5.82 Å². The van der Waals surface area contributed by atoms with Crippen LogP contribution in [0.1, 0.15) is 36.7 Å². The van der Waals surface area contributed by atoms with Crippen LogP contribution in [-0.4, -0.2) is 30.1 Å². The molecule has 0 aliphatic heterocycles. The van der Waals surface area contributed by atoms with Gasteiger partial charge in [-0.15, -0.1) is 0 Å². The van der Waals surface area contributed by atoms with Gasteiger partial charge < -0.3 is 15.2 Å². The quantitative estimate of drug-likeness (QED) is 0.714. The third kappa shape index (κ3) is 5.24. The Hall–Kier alpha value is -1.50. The highest BCUT2D eigenvalue weighted by Gasteiger charge is 2.16. The van der Waals surface area contributed by atoms with E-state index in [4.69, 9.17) is 4.74 Å². The number of rotatable bonds is 5. The van der Waals surface area contributed by atoms with E-state index in [2.05, 4.69) is 10.6 Å². The molecule has 0 radical (unpaired) electrons. The molecule has 1 amide bonds. The Labute approximate surface area is 118 Å². The molecule has 0 spiro atoms. The molecule has 0 aromatic heterocycles. The molecule has 6 heteroatoms. The minimum atomic E-state index is -1.14. The molecule has 0 heterocycles. The van der Waals surface area contributed by atoms with Gasteiger partial charge in [-0.1, -0.05) is 6.07 Å². The molecular weight excluding hydrogens is 263 g/mol. The number of halogens is 1. The lowest BCUT2D eigenvalue weighted by Crippen LogP contribution is -2.37. The number of nitrogens with one attached hydrogen (secondary N) is 2. The van der Waals surface area contributed by atoms with E-state index in [0.29, 0.717) is 5.56 Å². The van der Waals surface area contributed by atoms with Crippen LogP contribution in [0, 0.1) is 5.82 Å². The average molecular weight is 284 g/mol. The Morgan fingerprint density at radius 2 is 2.10 bits per heavy atom. The summed E-state index contributed by atoms with van der Waals surface area (Å²) in [4.78, 5) is 11.3. The molecular formula is C14H21FN2O3. The standard InChI is InChI=1S/C14H21FN2O3/c1-14(2,3)20-13(19)17-8-9-5-6-10(11(15)7-9)12(18)16-4/h5-7,13,17,19H,8H2,1-4H3,(H,16,18). The molecule has 1 aromatic carbocycles. The number of carbonyl (C=O) groups excluding carboxylic acids is 1. The molecule has 112 valence electrons. The highest BCUT2D eigenvalue weighted by atomic mass is 19.1. The molecule has 0 aliphatic carbocycles. The summed E-state index contributed by atoms with van der Waals surface area (Å²) < 4.78 is 19.0. The first-order valence-corrected chi connectivity index (χ1v) is 6.32. The van der Waals surface area contributed by atoms with Crippen LogP contribution >= 0.6 is 0 Å². The van der Waals surface area contributed by atoms with Crippen molar-refractivity contribution in [3.63, 3.8) is 0 Å². The third-order valence-electron chi connectivity index (χ3n) is 2.45. The summed E-state index contributed by atoms with van der Waals surface area (Å²) in [6, 6.07) is 4.27.